The van der Waals surface area contributed by atoms with E-state index in [2.05, 4.69) is 0 Å². The van der Waals surface area contributed by atoms with E-state index in [9.17, 15) is 9.18 Å². The lowest BCUT2D eigenvalue weighted by Crippen LogP contribution is -2.39. The summed E-state index contributed by atoms with van der Waals surface area (Å²) in [6.45, 7) is 0. The zero-order valence-corrected chi connectivity index (χ0v) is 20.0. The Balaban J connectivity index is 1.61. The molecular weight excluding hydrogens is 449 g/mol. The average molecular weight is 478 g/mol. The van der Waals surface area contributed by atoms with Crippen molar-refractivity contribution < 1.29 is 28.1 Å². The molecule has 1 heterocycles. The maximum absolute atomic E-state index is 14.3. The van der Waals surface area contributed by atoms with Crippen molar-refractivity contribution in [2.75, 3.05) is 26.2 Å². The van der Waals surface area contributed by atoms with Crippen LogP contribution in [0, 0.1) is 11.7 Å². The molecule has 2 atom stereocenters. The summed E-state index contributed by atoms with van der Waals surface area (Å²) in [6, 6.07) is 17.2. The third kappa shape index (κ3) is 4.50. The highest BCUT2D eigenvalue weighted by molar-refractivity contribution is 5.97. The fourth-order valence-corrected chi connectivity index (χ4v) is 4.67. The van der Waals surface area contributed by atoms with Gasteiger partial charge in [-0.1, -0.05) is 12.1 Å². The Morgan fingerprint density at radius 1 is 0.943 bits per heavy atom. The SMILES string of the molecule is COc1ccc2c(c1)OC(c1ccc(OC)c(OC)c1)CC2N(C(=O)C1CC1)c1cccc(F)c1. The monoisotopic (exact) mass is 477 g/mol. The zero-order chi connectivity index (χ0) is 24.5. The van der Waals surface area contributed by atoms with Crippen LogP contribution < -0.4 is 23.8 Å². The lowest BCUT2D eigenvalue weighted by Gasteiger charge is -2.39. The summed E-state index contributed by atoms with van der Waals surface area (Å²) >= 11 is 0. The van der Waals surface area contributed by atoms with Gasteiger partial charge in [0.15, 0.2) is 11.5 Å². The number of anilines is 1. The van der Waals surface area contributed by atoms with Crippen molar-refractivity contribution in [2.45, 2.75) is 31.4 Å². The Morgan fingerprint density at radius 3 is 2.43 bits per heavy atom. The van der Waals surface area contributed by atoms with Gasteiger partial charge in [0, 0.05) is 29.7 Å². The Hall–Kier alpha value is -3.74. The number of amides is 1. The molecule has 1 aliphatic heterocycles. The van der Waals surface area contributed by atoms with E-state index in [1.807, 2.05) is 36.4 Å². The minimum Gasteiger partial charge on any atom is -0.497 e. The van der Waals surface area contributed by atoms with Gasteiger partial charge < -0.3 is 23.8 Å². The fourth-order valence-electron chi connectivity index (χ4n) is 4.67. The van der Waals surface area contributed by atoms with E-state index in [1.165, 1.54) is 12.1 Å². The van der Waals surface area contributed by atoms with Crippen molar-refractivity contribution in [3.05, 3.63) is 77.6 Å². The summed E-state index contributed by atoms with van der Waals surface area (Å²) in [7, 11) is 4.78. The van der Waals surface area contributed by atoms with Gasteiger partial charge in [0.05, 0.1) is 27.4 Å². The Morgan fingerprint density at radius 2 is 1.74 bits per heavy atom. The van der Waals surface area contributed by atoms with Crippen molar-refractivity contribution in [3.63, 3.8) is 0 Å². The van der Waals surface area contributed by atoms with E-state index in [-0.39, 0.29) is 29.8 Å². The van der Waals surface area contributed by atoms with Crippen molar-refractivity contribution in [2.24, 2.45) is 5.92 Å². The number of nitrogens with zero attached hydrogens (tertiary/aromatic N) is 1. The minimum absolute atomic E-state index is 0.00956. The second kappa shape index (κ2) is 9.49. The summed E-state index contributed by atoms with van der Waals surface area (Å²) in [5.74, 6) is 2.09. The van der Waals surface area contributed by atoms with Gasteiger partial charge in [-0.15, -0.1) is 0 Å². The van der Waals surface area contributed by atoms with Gasteiger partial charge in [-0.2, -0.15) is 0 Å². The number of carbonyl (C=O) groups is 1. The van der Waals surface area contributed by atoms with Crippen molar-refractivity contribution in [1.29, 1.82) is 0 Å². The molecule has 2 unspecified atom stereocenters. The van der Waals surface area contributed by atoms with E-state index in [0.29, 0.717) is 35.1 Å². The van der Waals surface area contributed by atoms with Crippen LogP contribution >= 0.6 is 0 Å². The van der Waals surface area contributed by atoms with Crippen LogP contribution in [0.15, 0.2) is 60.7 Å². The van der Waals surface area contributed by atoms with Gasteiger partial charge in [-0.05, 0) is 60.9 Å². The van der Waals surface area contributed by atoms with E-state index >= 15 is 0 Å². The quantitative estimate of drug-likeness (QED) is 0.427. The first kappa shape index (κ1) is 23.0. The van der Waals surface area contributed by atoms with Gasteiger partial charge in [-0.3, -0.25) is 4.79 Å². The first-order valence-corrected chi connectivity index (χ1v) is 11.7. The molecule has 5 rings (SSSR count). The summed E-state index contributed by atoms with van der Waals surface area (Å²) in [5.41, 5.74) is 2.29. The number of ether oxygens (including phenoxy) is 4. The molecule has 0 N–H and O–H groups in total. The molecule has 1 fully saturated rings. The van der Waals surface area contributed by atoms with Crippen LogP contribution in [0.1, 0.15) is 42.5 Å². The summed E-state index contributed by atoms with van der Waals surface area (Å²) in [6.07, 6.45) is 1.82. The molecule has 6 nitrogen and oxygen atoms in total. The van der Waals surface area contributed by atoms with Crippen LogP contribution in [0.5, 0.6) is 23.0 Å². The number of benzene rings is 3. The van der Waals surface area contributed by atoms with Gasteiger partial charge in [0.2, 0.25) is 5.91 Å². The molecule has 0 bridgehead atoms. The molecular formula is C28H28FNO5. The first-order valence-electron chi connectivity index (χ1n) is 11.7. The highest BCUT2D eigenvalue weighted by Gasteiger charge is 2.41. The molecule has 35 heavy (non-hydrogen) atoms. The molecule has 0 radical (unpaired) electrons. The predicted molar refractivity (Wildman–Crippen MR) is 130 cm³/mol. The number of rotatable bonds is 7. The van der Waals surface area contributed by atoms with E-state index in [1.54, 1.807) is 38.4 Å². The molecule has 3 aromatic rings. The van der Waals surface area contributed by atoms with Crippen molar-refractivity contribution in [1.82, 2.24) is 0 Å². The largest absolute Gasteiger partial charge is 0.497 e. The second-order valence-corrected chi connectivity index (χ2v) is 8.84. The topological polar surface area (TPSA) is 57.2 Å². The number of fused-ring (bicyclic) bond motifs is 1. The van der Waals surface area contributed by atoms with Gasteiger partial charge in [0.1, 0.15) is 23.4 Å². The Labute approximate surface area is 204 Å². The van der Waals surface area contributed by atoms with Crippen LogP contribution in [0.4, 0.5) is 10.1 Å². The normalized spacial score (nSPS) is 18.7. The molecule has 0 aromatic heterocycles. The van der Waals surface area contributed by atoms with E-state index in [4.69, 9.17) is 18.9 Å². The minimum atomic E-state index is -0.380. The molecule has 1 aliphatic carbocycles. The lowest BCUT2D eigenvalue weighted by atomic mass is 9.90. The van der Waals surface area contributed by atoms with Crippen LogP contribution in [0.25, 0.3) is 0 Å². The third-order valence-corrected chi connectivity index (χ3v) is 6.63. The maximum Gasteiger partial charge on any atom is 0.230 e. The third-order valence-electron chi connectivity index (χ3n) is 6.63. The first-order chi connectivity index (χ1) is 17.0. The molecule has 7 heteroatoms. The number of hydrogen-bond acceptors (Lipinski definition) is 5. The predicted octanol–water partition coefficient (Wildman–Crippen LogP) is 5.86. The van der Waals surface area contributed by atoms with Crippen LogP contribution in [-0.4, -0.2) is 27.2 Å². The van der Waals surface area contributed by atoms with Gasteiger partial charge >= 0.3 is 0 Å². The van der Waals surface area contributed by atoms with Crippen molar-refractivity contribution >= 4 is 11.6 Å². The zero-order valence-electron chi connectivity index (χ0n) is 20.0. The molecule has 182 valence electrons. The van der Waals surface area contributed by atoms with Crippen LogP contribution in [-0.2, 0) is 4.79 Å². The fraction of sp³-hybridized carbons (Fsp3) is 0.321. The van der Waals surface area contributed by atoms with Crippen LogP contribution in [0.3, 0.4) is 0 Å². The molecule has 2 aliphatic rings. The smallest absolute Gasteiger partial charge is 0.230 e. The van der Waals surface area contributed by atoms with E-state index < -0.39 is 0 Å². The Kier molecular flexibility index (Phi) is 6.24. The van der Waals surface area contributed by atoms with Gasteiger partial charge in [0.25, 0.3) is 0 Å². The molecule has 1 saturated carbocycles. The summed E-state index contributed by atoms with van der Waals surface area (Å²) in [5, 5.41) is 0. The molecule has 3 aromatic carbocycles. The second-order valence-electron chi connectivity index (χ2n) is 8.84. The standard InChI is InChI=1S/C28H28FNO5/c1-32-21-10-11-22-23(30(28(31)17-7-8-17)20-6-4-5-19(29)14-20)16-25(35-26(22)15-21)18-9-12-24(33-2)27(13-18)34-3/h4-6,9-15,17,23,25H,7-8,16H2,1-3H3. The van der Waals surface area contributed by atoms with Gasteiger partial charge in [-0.25, -0.2) is 4.39 Å². The van der Waals surface area contributed by atoms with E-state index in [0.717, 1.165) is 24.0 Å². The molecule has 0 saturated heterocycles. The summed E-state index contributed by atoms with van der Waals surface area (Å²) < 4.78 is 37.0. The number of carbonyl (C=O) groups excluding carboxylic acids is 1. The van der Waals surface area contributed by atoms with Crippen molar-refractivity contribution in [3.8, 4) is 23.0 Å². The van der Waals surface area contributed by atoms with Crippen LogP contribution in [0.2, 0.25) is 0 Å². The maximum atomic E-state index is 14.3. The molecule has 1 amide bonds. The molecule has 0 spiro atoms. The highest BCUT2D eigenvalue weighted by Crippen LogP contribution is 2.48. The lowest BCUT2D eigenvalue weighted by molar-refractivity contribution is -0.120. The highest BCUT2D eigenvalue weighted by atomic mass is 19.1. The average Bonchev–Trinajstić information content (AvgIpc) is 3.73. The number of hydrogen-bond donors (Lipinski definition) is 0. The Bertz CT molecular complexity index is 1240. The summed E-state index contributed by atoms with van der Waals surface area (Å²) in [4.78, 5) is 15.3. The number of halogens is 1. The number of methoxy groups -OCH3 is 3.